The van der Waals surface area contributed by atoms with E-state index < -0.39 is 11.8 Å². The van der Waals surface area contributed by atoms with E-state index in [1.165, 1.54) is 18.2 Å². The molecule has 7 heteroatoms. The van der Waals surface area contributed by atoms with Gasteiger partial charge in [-0.2, -0.15) is 13.2 Å². The van der Waals surface area contributed by atoms with Gasteiger partial charge in [0.15, 0.2) is 11.4 Å². The first-order valence-corrected chi connectivity index (χ1v) is 9.18. The fraction of sp³-hybridized carbons (Fsp3) is 0.316. The number of ketones is 1. The molecule has 0 aromatic heterocycles. The summed E-state index contributed by atoms with van der Waals surface area (Å²) in [6, 6.07) is 9.66. The van der Waals surface area contributed by atoms with Crippen molar-refractivity contribution in [2.75, 3.05) is 0 Å². The number of benzene rings is 2. The van der Waals surface area contributed by atoms with Crippen LogP contribution in [0.1, 0.15) is 40.9 Å². The number of aryl methyl sites for hydroxylation is 2. The SMILES string of the molecule is CC(=O)c1ccc(Br)c(C)c1.Cc1cc(C(C)(O)C(F)(F)F)ccc1Br. The van der Waals surface area contributed by atoms with E-state index in [1.54, 1.807) is 13.8 Å². The zero-order valence-corrected chi connectivity index (χ0v) is 17.9. The van der Waals surface area contributed by atoms with Gasteiger partial charge in [-0.1, -0.05) is 50.1 Å². The van der Waals surface area contributed by atoms with Crippen LogP contribution in [-0.4, -0.2) is 17.1 Å². The second kappa shape index (κ2) is 8.67. The van der Waals surface area contributed by atoms with Crippen molar-refractivity contribution in [1.29, 1.82) is 0 Å². The molecular formula is C19H19Br2F3O2. The van der Waals surface area contributed by atoms with Crippen LogP contribution in [0.25, 0.3) is 0 Å². The number of carbonyl (C=O) groups is 1. The van der Waals surface area contributed by atoms with Gasteiger partial charge in [-0.15, -0.1) is 0 Å². The summed E-state index contributed by atoms with van der Waals surface area (Å²) in [7, 11) is 0. The molecule has 142 valence electrons. The van der Waals surface area contributed by atoms with Gasteiger partial charge >= 0.3 is 6.18 Å². The fourth-order valence-corrected chi connectivity index (χ4v) is 2.47. The monoisotopic (exact) mass is 494 g/mol. The van der Waals surface area contributed by atoms with Crippen molar-refractivity contribution in [3.63, 3.8) is 0 Å². The third-order valence-electron chi connectivity index (χ3n) is 3.84. The van der Waals surface area contributed by atoms with E-state index in [9.17, 15) is 23.1 Å². The highest BCUT2D eigenvalue weighted by atomic mass is 79.9. The number of hydrogen-bond donors (Lipinski definition) is 1. The van der Waals surface area contributed by atoms with Gasteiger partial charge < -0.3 is 5.11 Å². The largest absolute Gasteiger partial charge is 0.421 e. The highest BCUT2D eigenvalue weighted by Crippen LogP contribution is 2.39. The molecule has 2 aromatic rings. The lowest BCUT2D eigenvalue weighted by molar-refractivity contribution is -0.258. The van der Waals surface area contributed by atoms with Gasteiger partial charge in [0.05, 0.1) is 0 Å². The summed E-state index contributed by atoms with van der Waals surface area (Å²) in [4.78, 5) is 10.9. The molecule has 1 N–H and O–H groups in total. The number of carbonyl (C=O) groups excluding carboxylic acids is 1. The molecule has 0 heterocycles. The lowest BCUT2D eigenvalue weighted by Crippen LogP contribution is -2.39. The Kier molecular flexibility index (Phi) is 7.62. The summed E-state index contributed by atoms with van der Waals surface area (Å²) in [5.74, 6) is 0.112. The van der Waals surface area contributed by atoms with E-state index in [0.29, 0.717) is 10.0 Å². The molecular weight excluding hydrogens is 477 g/mol. The fourth-order valence-electron chi connectivity index (χ4n) is 1.97. The van der Waals surface area contributed by atoms with Crippen molar-refractivity contribution < 1.29 is 23.1 Å². The van der Waals surface area contributed by atoms with Crippen LogP contribution in [-0.2, 0) is 5.60 Å². The highest BCUT2D eigenvalue weighted by Gasteiger charge is 2.51. The first kappa shape index (κ1) is 22.9. The molecule has 0 amide bonds. The molecule has 0 aliphatic rings. The van der Waals surface area contributed by atoms with E-state index in [0.717, 1.165) is 22.5 Å². The molecule has 0 saturated carbocycles. The second-order valence-corrected chi connectivity index (χ2v) is 7.76. The average molecular weight is 496 g/mol. The average Bonchev–Trinajstić information content (AvgIpc) is 2.52. The quantitative estimate of drug-likeness (QED) is 0.483. The number of rotatable bonds is 2. The minimum atomic E-state index is -4.67. The molecule has 0 saturated heterocycles. The van der Waals surface area contributed by atoms with Gasteiger partial charge in [-0.25, -0.2) is 0 Å². The lowest BCUT2D eigenvalue weighted by Gasteiger charge is -2.27. The molecule has 0 bridgehead atoms. The van der Waals surface area contributed by atoms with E-state index in [2.05, 4.69) is 31.9 Å². The smallest absolute Gasteiger partial charge is 0.376 e. The summed E-state index contributed by atoms with van der Waals surface area (Å²) in [5.41, 5.74) is -0.450. The van der Waals surface area contributed by atoms with Crippen LogP contribution in [0.4, 0.5) is 13.2 Å². The van der Waals surface area contributed by atoms with Crippen molar-refractivity contribution >= 4 is 37.6 Å². The van der Waals surface area contributed by atoms with Gasteiger partial charge in [0.2, 0.25) is 0 Å². The normalized spacial score (nSPS) is 13.5. The van der Waals surface area contributed by atoms with E-state index in [4.69, 9.17) is 0 Å². The topological polar surface area (TPSA) is 37.3 Å². The van der Waals surface area contributed by atoms with Crippen LogP contribution in [0.2, 0.25) is 0 Å². The van der Waals surface area contributed by atoms with Gasteiger partial charge in [0, 0.05) is 14.5 Å². The first-order chi connectivity index (χ1) is 11.8. The van der Waals surface area contributed by atoms with Gasteiger partial charge in [-0.05, 0) is 62.6 Å². The van der Waals surface area contributed by atoms with Gasteiger partial charge in [0.25, 0.3) is 0 Å². The second-order valence-electron chi connectivity index (χ2n) is 6.05. The Balaban J connectivity index is 0.000000273. The minimum absolute atomic E-state index is 0.112. The molecule has 2 nitrogen and oxygen atoms in total. The number of halogens is 5. The molecule has 0 aliphatic carbocycles. The Bertz CT molecular complexity index is 800. The summed E-state index contributed by atoms with van der Waals surface area (Å²) in [6.07, 6.45) is -4.67. The first-order valence-electron chi connectivity index (χ1n) is 7.60. The van der Waals surface area contributed by atoms with Crippen molar-refractivity contribution in [3.8, 4) is 0 Å². The number of alkyl halides is 3. The molecule has 1 atom stereocenters. The van der Waals surface area contributed by atoms with Crippen LogP contribution in [0, 0.1) is 13.8 Å². The molecule has 0 aliphatic heterocycles. The van der Waals surface area contributed by atoms with Crippen molar-refractivity contribution in [3.05, 3.63) is 67.6 Å². The Hall–Kier alpha value is -1.18. The maximum atomic E-state index is 12.5. The Labute approximate surface area is 167 Å². The molecule has 1 unspecified atom stereocenters. The van der Waals surface area contributed by atoms with E-state index >= 15 is 0 Å². The van der Waals surface area contributed by atoms with Gasteiger partial charge in [-0.3, -0.25) is 4.79 Å². The van der Waals surface area contributed by atoms with Gasteiger partial charge in [0.1, 0.15) is 0 Å². The molecule has 0 radical (unpaired) electrons. The zero-order valence-electron chi connectivity index (χ0n) is 14.7. The van der Waals surface area contributed by atoms with Crippen LogP contribution in [0.3, 0.4) is 0 Å². The number of Topliss-reactive ketones (excluding diaryl/α,β-unsaturated/α-hetero) is 1. The van der Waals surface area contributed by atoms with Crippen molar-refractivity contribution in [2.24, 2.45) is 0 Å². The van der Waals surface area contributed by atoms with Crippen molar-refractivity contribution in [2.45, 2.75) is 39.5 Å². The molecule has 0 fully saturated rings. The third-order valence-corrected chi connectivity index (χ3v) is 5.62. The summed E-state index contributed by atoms with van der Waals surface area (Å²) >= 11 is 6.55. The Morgan fingerprint density at radius 3 is 1.81 bits per heavy atom. The number of aliphatic hydroxyl groups is 1. The van der Waals surface area contributed by atoms with E-state index in [1.807, 2.05) is 25.1 Å². The third kappa shape index (κ3) is 5.66. The zero-order chi connectivity index (χ0) is 20.3. The summed E-state index contributed by atoms with van der Waals surface area (Å²) in [5, 5.41) is 9.40. The Morgan fingerprint density at radius 2 is 1.42 bits per heavy atom. The van der Waals surface area contributed by atoms with Crippen molar-refractivity contribution in [1.82, 2.24) is 0 Å². The maximum absolute atomic E-state index is 12.5. The predicted molar refractivity (Wildman–Crippen MR) is 103 cm³/mol. The molecule has 0 spiro atoms. The van der Waals surface area contributed by atoms with Crippen LogP contribution in [0.5, 0.6) is 0 Å². The predicted octanol–water partition coefficient (Wildman–Crippen LogP) is 6.49. The lowest BCUT2D eigenvalue weighted by atomic mass is 9.94. The Morgan fingerprint density at radius 1 is 0.962 bits per heavy atom. The maximum Gasteiger partial charge on any atom is 0.421 e. The van der Waals surface area contributed by atoms with E-state index in [-0.39, 0.29) is 11.3 Å². The highest BCUT2D eigenvalue weighted by molar-refractivity contribution is 9.10. The molecule has 2 rings (SSSR count). The summed E-state index contributed by atoms with van der Waals surface area (Å²) in [6.45, 7) is 5.95. The van der Waals surface area contributed by atoms with Crippen LogP contribution < -0.4 is 0 Å². The standard InChI is InChI=1S/C10H10BrF3O.C9H9BrO/c1-6-5-7(3-4-8(6)11)9(2,15)10(12,13)14;1-6-5-8(7(2)11)3-4-9(6)10/h3-5,15H,1-2H3;3-5H,1-2H3. The number of hydrogen-bond acceptors (Lipinski definition) is 2. The molecule has 26 heavy (non-hydrogen) atoms. The van der Waals surface area contributed by atoms with Crippen LogP contribution >= 0.6 is 31.9 Å². The van der Waals surface area contributed by atoms with Crippen LogP contribution in [0.15, 0.2) is 45.3 Å². The summed E-state index contributed by atoms with van der Waals surface area (Å²) < 4.78 is 39.2. The molecule has 2 aromatic carbocycles. The minimum Gasteiger partial charge on any atom is -0.376 e.